The number of hydrogen-bond donors (Lipinski definition) is 1. The highest BCUT2D eigenvalue weighted by molar-refractivity contribution is 6.42. The SMILES string of the molecule is CC[C@H](C(=O)NC)N(Cc1ccc(Cl)c(Cl)c1)C(=O)CCc1ccc(C(C)C)cc1. The molecular formula is C24H30Cl2N2O2. The van der Waals surface area contributed by atoms with Crippen LogP contribution in [0.3, 0.4) is 0 Å². The second kappa shape index (κ2) is 11.4. The second-order valence-corrected chi connectivity index (χ2v) is 8.52. The van der Waals surface area contributed by atoms with Crippen LogP contribution in [0.5, 0.6) is 0 Å². The second-order valence-electron chi connectivity index (χ2n) is 7.70. The minimum absolute atomic E-state index is 0.0653. The molecule has 0 heterocycles. The zero-order chi connectivity index (χ0) is 22.3. The van der Waals surface area contributed by atoms with Gasteiger partial charge in [0.15, 0.2) is 0 Å². The minimum atomic E-state index is -0.541. The molecule has 0 aliphatic rings. The van der Waals surface area contributed by atoms with Crippen molar-refractivity contribution >= 4 is 35.0 Å². The van der Waals surface area contributed by atoms with Crippen LogP contribution in [-0.4, -0.2) is 29.8 Å². The van der Waals surface area contributed by atoms with Crippen LogP contribution in [0.1, 0.15) is 56.2 Å². The molecule has 162 valence electrons. The van der Waals surface area contributed by atoms with Gasteiger partial charge in [-0.3, -0.25) is 9.59 Å². The third kappa shape index (κ3) is 6.48. The average Bonchev–Trinajstić information content (AvgIpc) is 2.74. The lowest BCUT2D eigenvalue weighted by Gasteiger charge is -2.30. The van der Waals surface area contributed by atoms with Gasteiger partial charge in [-0.15, -0.1) is 0 Å². The van der Waals surface area contributed by atoms with Gasteiger partial charge in [0.05, 0.1) is 10.0 Å². The summed E-state index contributed by atoms with van der Waals surface area (Å²) in [4.78, 5) is 27.2. The fourth-order valence-corrected chi connectivity index (χ4v) is 3.71. The van der Waals surface area contributed by atoms with Crippen molar-refractivity contribution in [2.24, 2.45) is 0 Å². The number of carbonyl (C=O) groups is 2. The Kier molecular flexibility index (Phi) is 9.19. The van der Waals surface area contributed by atoms with Gasteiger partial charge < -0.3 is 10.2 Å². The van der Waals surface area contributed by atoms with Crippen molar-refractivity contribution in [3.05, 3.63) is 69.2 Å². The van der Waals surface area contributed by atoms with Gasteiger partial charge in [0.1, 0.15) is 6.04 Å². The van der Waals surface area contributed by atoms with E-state index >= 15 is 0 Å². The summed E-state index contributed by atoms with van der Waals surface area (Å²) in [5, 5.41) is 3.56. The Labute approximate surface area is 189 Å². The smallest absolute Gasteiger partial charge is 0.242 e. The van der Waals surface area contributed by atoms with Crippen LogP contribution >= 0.6 is 23.2 Å². The summed E-state index contributed by atoms with van der Waals surface area (Å²) in [5.74, 6) is 0.233. The van der Waals surface area contributed by atoms with E-state index in [0.717, 1.165) is 11.1 Å². The molecule has 0 aromatic heterocycles. The summed E-state index contributed by atoms with van der Waals surface area (Å²) in [6.07, 6.45) is 1.48. The molecule has 0 unspecified atom stereocenters. The Morgan fingerprint density at radius 1 is 1.00 bits per heavy atom. The molecule has 0 aliphatic heterocycles. The fraction of sp³-hybridized carbons (Fsp3) is 0.417. The van der Waals surface area contributed by atoms with E-state index < -0.39 is 6.04 Å². The number of nitrogens with one attached hydrogen (secondary N) is 1. The van der Waals surface area contributed by atoms with Gasteiger partial charge in [-0.25, -0.2) is 0 Å². The highest BCUT2D eigenvalue weighted by atomic mass is 35.5. The van der Waals surface area contributed by atoms with E-state index in [9.17, 15) is 9.59 Å². The number of amides is 2. The maximum atomic E-state index is 13.2. The van der Waals surface area contributed by atoms with E-state index in [1.54, 1.807) is 24.1 Å². The minimum Gasteiger partial charge on any atom is -0.357 e. The third-order valence-corrected chi connectivity index (χ3v) is 5.98. The van der Waals surface area contributed by atoms with Crippen molar-refractivity contribution in [2.75, 3.05) is 7.05 Å². The Balaban J connectivity index is 2.18. The number of aryl methyl sites for hydroxylation is 1. The molecule has 1 N–H and O–H groups in total. The first-order valence-corrected chi connectivity index (χ1v) is 11.1. The van der Waals surface area contributed by atoms with E-state index in [0.29, 0.717) is 41.8 Å². The fourth-order valence-electron chi connectivity index (χ4n) is 3.38. The topological polar surface area (TPSA) is 49.4 Å². The molecule has 2 aromatic carbocycles. The highest BCUT2D eigenvalue weighted by Crippen LogP contribution is 2.24. The third-order valence-electron chi connectivity index (χ3n) is 5.24. The van der Waals surface area contributed by atoms with Crippen LogP contribution in [0.25, 0.3) is 0 Å². The van der Waals surface area contributed by atoms with Gasteiger partial charge in [0.2, 0.25) is 11.8 Å². The van der Waals surface area contributed by atoms with E-state index in [-0.39, 0.29) is 11.8 Å². The van der Waals surface area contributed by atoms with Crippen molar-refractivity contribution in [1.82, 2.24) is 10.2 Å². The summed E-state index contributed by atoms with van der Waals surface area (Å²) in [5.41, 5.74) is 3.22. The summed E-state index contributed by atoms with van der Waals surface area (Å²) < 4.78 is 0. The summed E-state index contributed by atoms with van der Waals surface area (Å²) in [6.45, 7) is 6.51. The molecule has 0 radical (unpaired) electrons. The molecule has 6 heteroatoms. The molecule has 0 saturated heterocycles. The quantitative estimate of drug-likeness (QED) is 0.542. The first kappa shape index (κ1) is 24.2. The van der Waals surface area contributed by atoms with Crippen LogP contribution in [0.2, 0.25) is 10.0 Å². The molecule has 0 bridgehead atoms. The molecule has 30 heavy (non-hydrogen) atoms. The number of benzene rings is 2. The maximum Gasteiger partial charge on any atom is 0.242 e. The van der Waals surface area contributed by atoms with E-state index in [2.05, 4.69) is 43.4 Å². The number of carbonyl (C=O) groups excluding carboxylic acids is 2. The molecule has 0 aliphatic carbocycles. The Bertz CT molecular complexity index is 866. The summed E-state index contributed by atoms with van der Waals surface area (Å²) >= 11 is 12.2. The molecule has 2 aromatic rings. The number of nitrogens with zero attached hydrogens (tertiary/aromatic N) is 1. The maximum absolute atomic E-state index is 13.2. The first-order valence-electron chi connectivity index (χ1n) is 10.3. The van der Waals surface area contributed by atoms with Crippen LogP contribution in [0.4, 0.5) is 0 Å². The van der Waals surface area contributed by atoms with E-state index in [4.69, 9.17) is 23.2 Å². The number of hydrogen-bond acceptors (Lipinski definition) is 2. The van der Waals surface area contributed by atoms with E-state index in [1.165, 1.54) is 5.56 Å². The molecule has 0 fully saturated rings. The van der Waals surface area contributed by atoms with Crippen LogP contribution in [-0.2, 0) is 22.6 Å². The number of likely N-dealkylation sites (N-methyl/N-ethyl adjacent to an activating group) is 1. The molecule has 0 spiro atoms. The zero-order valence-electron chi connectivity index (χ0n) is 18.0. The molecule has 4 nitrogen and oxygen atoms in total. The largest absolute Gasteiger partial charge is 0.357 e. The standard InChI is InChI=1S/C24H30Cl2N2O2/c1-5-22(24(30)27-4)28(15-18-8-12-20(25)21(26)14-18)23(29)13-9-17-6-10-19(11-7-17)16(2)3/h6-8,10-12,14,16,22H,5,9,13,15H2,1-4H3,(H,27,30)/t22-/m1/s1. The van der Waals surface area contributed by atoms with Gasteiger partial charge in [0.25, 0.3) is 0 Å². The van der Waals surface area contributed by atoms with Crippen molar-refractivity contribution in [3.63, 3.8) is 0 Å². The molecule has 2 amide bonds. The van der Waals surface area contributed by atoms with Crippen molar-refractivity contribution in [2.45, 2.75) is 58.5 Å². The monoisotopic (exact) mass is 448 g/mol. The van der Waals surface area contributed by atoms with Crippen LogP contribution < -0.4 is 5.32 Å². The van der Waals surface area contributed by atoms with Gasteiger partial charge in [-0.2, -0.15) is 0 Å². The van der Waals surface area contributed by atoms with Gasteiger partial charge >= 0.3 is 0 Å². The van der Waals surface area contributed by atoms with Crippen LogP contribution in [0.15, 0.2) is 42.5 Å². The molecule has 1 atom stereocenters. The number of halogens is 2. The van der Waals surface area contributed by atoms with Gasteiger partial charge in [-0.05, 0) is 47.6 Å². The lowest BCUT2D eigenvalue weighted by molar-refractivity contribution is -0.141. The average molecular weight is 449 g/mol. The zero-order valence-corrected chi connectivity index (χ0v) is 19.6. The lowest BCUT2D eigenvalue weighted by Crippen LogP contribution is -2.48. The summed E-state index contributed by atoms with van der Waals surface area (Å²) in [6, 6.07) is 13.1. The Morgan fingerprint density at radius 3 is 2.17 bits per heavy atom. The predicted molar refractivity (Wildman–Crippen MR) is 124 cm³/mol. The number of rotatable bonds is 9. The van der Waals surface area contributed by atoms with Crippen molar-refractivity contribution in [1.29, 1.82) is 0 Å². The van der Waals surface area contributed by atoms with Gasteiger partial charge in [0, 0.05) is 20.0 Å². The molecular weight excluding hydrogens is 419 g/mol. The van der Waals surface area contributed by atoms with Crippen molar-refractivity contribution in [3.8, 4) is 0 Å². The lowest BCUT2D eigenvalue weighted by atomic mass is 10.00. The predicted octanol–water partition coefficient (Wildman–Crippen LogP) is 5.60. The molecule has 0 saturated carbocycles. The van der Waals surface area contributed by atoms with E-state index in [1.807, 2.05) is 13.0 Å². The molecule has 2 rings (SSSR count). The Morgan fingerprint density at radius 2 is 1.63 bits per heavy atom. The van der Waals surface area contributed by atoms with Gasteiger partial charge in [-0.1, -0.05) is 74.3 Å². The normalized spacial score (nSPS) is 12.0. The Hall–Kier alpha value is -2.04. The van der Waals surface area contributed by atoms with Crippen LogP contribution in [0, 0.1) is 0 Å². The summed E-state index contributed by atoms with van der Waals surface area (Å²) in [7, 11) is 1.59. The van der Waals surface area contributed by atoms with Crippen molar-refractivity contribution < 1.29 is 9.59 Å². The first-order chi connectivity index (χ1) is 14.3. The highest BCUT2D eigenvalue weighted by Gasteiger charge is 2.27.